The fraction of sp³-hybridized carbons (Fsp3) is 0.500. The van der Waals surface area contributed by atoms with Gasteiger partial charge in [0.1, 0.15) is 21.9 Å². The normalized spacial score (nSPS) is 25.2. The van der Waals surface area contributed by atoms with E-state index in [0.29, 0.717) is 18.1 Å². The number of piperidine rings is 1. The molecule has 5 heterocycles. The van der Waals surface area contributed by atoms with E-state index in [1.54, 1.807) is 11.2 Å². The van der Waals surface area contributed by atoms with Gasteiger partial charge in [0.25, 0.3) is 5.91 Å². The number of thiophene rings is 1. The van der Waals surface area contributed by atoms with Gasteiger partial charge in [0.2, 0.25) is 0 Å². The summed E-state index contributed by atoms with van der Waals surface area (Å²) in [5.41, 5.74) is 2.05. The molecule has 3 saturated heterocycles. The molecular formula is C26H31N5OS. The topological polar surface area (TPSA) is 52.6 Å². The second-order valence-corrected chi connectivity index (χ2v) is 10.9. The molecule has 0 N–H and O–H groups in total. The maximum atomic E-state index is 13.2. The molecule has 3 fully saturated rings. The molecule has 7 heteroatoms. The summed E-state index contributed by atoms with van der Waals surface area (Å²) in [4.78, 5) is 31.4. The molecule has 2 atom stereocenters. The molecule has 2 bridgehead atoms. The first-order valence-electron chi connectivity index (χ1n) is 12.2. The molecule has 2 unspecified atom stereocenters. The van der Waals surface area contributed by atoms with Crippen LogP contribution in [0.5, 0.6) is 0 Å². The summed E-state index contributed by atoms with van der Waals surface area (Å²) < 4.78 is 0. The number of likely N-dealkylation sites (tertiary alicyclic amines) is 1. The van der Waals surface area contributed by atoms with E-state index in [1.165, 1.54) is 63.0 Å². The zero-order valence-electron chi connectivity index (χ0n) is 19.4. The Kier molecular flexibility index (Phi) is 5.34. The quantitative estimate of drug-likeness (QED) is 0.566. The van der Waals surface area contributed by atoms with Gasteiger partial charge in [-0.1, -0.05) is 30.3 Å². The molecule has 0 radical (unpaired) electrons. The number of carbonyl (C=O) groups is 1. The van der Waals surface area contributed by atoms with E-state index in [4.69, 9.17) is 4.98 Å². The zero-order valence-corrected chi connectivity index (χ0v) is 20.2. The first-order valence-corrected chi connectivity index (χ1v) is 13.0. The molecule has 0 saturated carbocycles. The number of nitrogens with zero attached hydrogens (tertiary/aromatic N) is 5. The van der Waals surface area contributed by atoms with Crippen LogP contribution in [-0.4, -0.2) is 71.0 Å². The van der Waals surface area contributed by atoms with Crippen LogP contribution in [0.3, 0.4) is 0 Å². The third kappa shape index (κ3) is 3.53. The highest BCUT2D eigenvalue weighted by Crippen LogP contribution is 2.47. The molecule has 0 spiro atoms. The third-order valence-electron chi connectivity index (χ3n) is 7.74. The number of rotatable bonds is 4. The van der Waals surface area contributed by atoms with Crippen LogP contribution >= 0.6 is 11.3 Å². The zero-order chi connectivity index (χ0) is 22.5. The minimum Gasteiger partial charge on any atom is -0.350 e. The Morgan fingerprint density at radius 3 is 2.36 bits per heavy atom. The standard InChI is InChI=1S/C26H31N5OS/c1-29(2)26(32)23-21(17-8-4-3-5-9-17)22-24(27-16-28-25(22)33-23)31-18-10-11-19(31)15-20(14-18)30-12-6-7-13-30/h3-5,8-9,16,18-20H,6-7,10-15H2,1-2H3. The lowest BCUT2D eigenvalue weighted by molar-refractivity contribution is 0.0833. The molecule has 1 amide bonds. The molecular weight excluding hydrogens is 430 g/mol. The number of hydrogen-bond acceptors (Lipinski definition) is 6. The summed E-state index contributed by atoms with van der Waals surface area (Å²) in [5.74, 6) is 1.05. The number of hydrogen-bond donors (Lipinski definition) is 0. The van der Waals surface area contributed by atoms with Crippen molar-refractivity contribution in [3.05, 3.63) is 41.5 Å². The summed E-state index contributed by atoms with van der Waals surface area (Å²) in [5, 5.41) is 1.05. The van der Waals surface area contributed by atoms with Gasteiger partial charge in [-0.05, 0) is 57.2 Å². The smallest absolute Gasteiger partial charge is 0.264 e. The Bertz CT molecular complexity index is 1160. The van der Waals surface area contributed by atoms with E-state index in [0.717, 1.165) is 32.0 Å². The second kappa shape index (κ2) is 8.37. The molecule has 6 rings (SSSR count). The Balaban J connectivity index is 1.47. The van der Waals surface area contributed by atoms with Crippen molar-refractivity contribution >= 4 is 33.3 Å². The van der Waals surface area contributed by atoms with Crippen molar-refractivity contribution in [2.75, 3.05) is 32.1 Å². The van der Waals surface area contributed by atoms with Gasteiger partial charge in [-0.25, -0.2) is 9.97 Å². The molecule has 1 aromatic carbocycles. The van der Waals surface area contributed by atoms with Crippen LogP contribution in [0.15, 0.2) is 36.7 Å². The average Bonchev–Trinajstić information content (AvgIpc) is 3.55. The van der Waals surface area contributed by atoms with Gasteiger partial charge in [0.05, 0.1) is 5.39 Å². The largest absolute Gasteiger partial charge is 0.350 e. The highest BCUT2D eigenvalue weighted by Gasteiger charge is 2.44. The predicted molar refractivity (Wildman–Crippen MR) is 134 cm³/mol. The van der Waals surface area contributed by atoms with E-state index in [2.05, 4.69) is 26.9 Å². The van der Waals surface area contributed by atoms with Crippen LogP contribution in [0.2, 0.25) is 0 Å². The van der Waals surface area contributed by atoms with Crippen molar-refractivity contribution in [2.24, 2.45) is 0 Å². The summed E-state index contributed by atoms with van der Waals surface area (Å²) in [7, 11) is 3.63. The third-order valence-corrected chi connectivity index (χ3v) is 8.83. The van der Waals surface area contributed by atoms with E-state index in [9.17, 15) is 4.79 Å². The minimum atomic E-state index is 0.0264. The van der Waals surface area contributed by atoms with Crippen molar-refractivity contribution in [1.29, 1.82) is 0 Å². The molecule has 6 nitrogen and oxygen atoms in total. The summed E-state index contributed by atoms with van der Waals surface area (Å²) >= 11 is 1.50. The van der Waals surface area contributed by atoms with Crippen LogP contribution in [0.4, 0.5) is 5.82 Å². The Hall–Kier alpha value is -2.51. The first-order chi connectivity index (χ1) is 16.1. The fourth-order valence-electron chi connectivity index (χ4n) is 6.25. The van der Waals surface area contributed by atoms with Gasteiger partial charge in [-0.3, -0.25) is 4.79 Å². The van der Waals surface area contributed by atoms with Crippen LogP contribution in [-0.2, 0) is 0 Å². The van der Waals surface area contributed by atoms with Gasteiger partial charge in [0, 0.05) is 37.8 Å². The number of anilines is 1. The van der Waals surface area contributed by atoms with E-state index >= 15 is 0 Å². The molecule has 172 valence electrons. The number of fused-ring (bicyclic) bond motifs is 3. The predicted octanol–water partition coefficient (Wildman–Crippen LogP) is 4.66. The maximum Gasteiger partial charge on any atom is 0.264 e. The van der Waals surface area contributed by atoms with Crippen molar-refractivity contribution < 1.29 is 4.79 Å². The number of aromatic nitrogens is 2. The SMILES string of the molecule is CN(C)C(=O)c1sc2ncnc(N3C4CCC3CC(N3CCCC3)C4)c2c1-c1ccccc1. The number of amides is 1. The second-order valence-electron chi connectivity index (χ2n) is 9.91. The molecule has 3 aromatic rings. The van der Waals surface area contributed by atoms with Gasteiger partial charge in [0.15, 0.2) is 0 Å². The van der Waals surface area contributed by atoms with Crippen molar-refractivity contribution in [3.8, 4) is 11.1 Å². The number of benzene rings is 1. The fourth-order valence-corrected chi connectivity index (χ4v) is 7.43. The minimum absolute atomic E-state index is 0.0264. The van der Waals surface area contributed by atoms with Crippen LogP contribution < -0.4 is 4.90 Å². The molecule has 0 aliphatic carbocycles. The van der Waals surface area contributed by atoms with Crippen molar-refractivity contribution in [3.63, 3.8) is 0 Å². The lowest BCUT2D eigenvalue weighted by atomic mass is 9.95. The highest BCUT2D eigenvalue weighted by molar-refractivity contribution is 7.21. The van der Waals surface area contributed by atoms with Crippen LogP contribution in [0.25, 0.3) is 21.3 Å². The monoisotopic (exact) mass is 461 g/mol. The lowest BCUT2D eigenvalue weighted by Crippen LogP contribution is -2.50. The van der Waals surface area contributed by atoms with Gasteiger partial charge in [-0.15, -0.1) is 11.3 Å². The summed E-state index contributed by atoms with van der Waals surface area (Å²) in [6.07, 6.45) is 9.29. The van der Waals surface area contributed by atoms with E-state index in [-0.39, 0.29) is 5.91 Å². The van der Waals surface area contributed by atoms with Crippen LogP contribution in [0, 0.1) is 0 Å². The molecule has 3 aliphatic rings. The summed E-state index contributed by atoms with van der Waals surface area (Å²) in [6, 6.07) is 12.0. The van der Waals surface area contributed by atoms with Crippen LogP contribution in [0.1, 0.15) is 48.2 Å². The van der Waals surface area contributed by atoms with Gasteiger partial charge >= 0.3 is 0 Å². The van der Waals surface area contributed by atoms with Gasteiger partial charge in [-0.2, -0.15) is 0 Å². The average molecular weight is 462 g/mol. The lowest BCUT2D eigenvalue weighted by Gasteiger charge is -2.43. The maximum absolute atomic E-state index is 13.2. The van der Waals surface area contributed by atoms with Gasteiger partial charge < -0.3 is 14.7 Å². The Morgan fingerprint density at radius 1 is 1.00 bits per heavy atom. The van der Waals surface area contributed by atoms with E-state index < -0.39 is 0 Å². The Morgan fingerprint density at radius 2 is 1.70 bits per heavy atom. The Labute approximate surface area is 199 Å². The molecule has 3 aliphatic heterocycles. The number of carbonyl (C=O) groups excluding carboxylic acids is 1. The molecule has 33 heavy (non-hydrogen) atoms. The van der Waals surface area contributed by atoms with E-state index in [1.807, 2.05) is 32.3 Å². The highest BCUT2D eigenvalue weighted by atomic mass is 32.1. The van der Waals surface area contributed by atoms with Crippen molar-refractivity contribution in [2.45, 2.75) is 56.7 Å². The first kappa shape index (κ1) is 21.1. The van der Waals surface area contributed by atoms with Crippen molar-refractivity contribution in [1.82, 2.24) is 19.8 Å². The molecule has 2 aromatic heterocycles. The summed E-state index contributed by atoms with van der Waals surface area (Å²) in [6.45, 7) is 2.53.